The highest BCUT2D eigenvalue weighted by Gasteiger charge is 2.37. The molecule has 0 amide bonds. The van der Waals surface area contributed by atoms with Crippen LogP contribution in [0.4, 0.5) is 22.0 Å². The summed E-state index contributed by atoms with van der Waals surface area (Å²) < 4.78 is 81.6. The molecule has 0 N–H and O–H groups in total. The van der Waals surface area contributed by atoms with Crippen LogP contribution in [0.15, 0.2) is 12.1 Å². The average molecular weight is 476 g/mol. The van der Waals surface area contributed by atoms with Gasteiger partial charge in [0.25, 0.3) is 0 Å². The van der Waals surface area contributed by atoms with Crippen molar-refractivity contribution in [1.29, 1.82) is 0 Å². The summed E-state index contributed by atoms with van der Waals surface area (Å²) in [5.41, 5.74) is 2.10. The van der Waals surface area contributed by atoms with E-state index in [1.54, 1.807) is 6.92 Å². The van der Waals surface area contributed by atoms with Crippen LogP contribution < -0.4 is 10.0 Å². The number of aryl methyl sites for hydroxylation is 1. The van der Waals surface area contributed by atoms with E-state index in [0.717, 1.165) is 11.1 Å². The maximum absolute atomic E-state index is 14.6. The smallest absolute Gasteiger partial charge is 0.200 e. The minimum absolute atomic E-state index is 0.0486. The van der Waals surface area contributed by atoms with E-state index in [1.807, 2.05) is 46.8 Å². The maximum Gasteiger partial charge on any atom is 0.200 e. The van der Waals surface area contributed by atoms with Crippen LogP contribution >= 0.6 is 8.58 Å². The van der Waals surface area contributed by atoms with Crippen molar-refractivity contribution in [2.75, 3.05) is 13.9 Å². The second-order valence-corrected chi connectivity index (χ2v) is 11.0. The maximum atomic E-state index is 14.6. The Bertz CT molecular complexity index is 959. The molecule has 0 aliphatic heterocycles. The SMILES string of the molecule is CCCC(C)(Pc1c(F)c(F)c(F)c(F)c1F)c1cc(C)cc(C(C)(C)C)c1OCOC. The third kappa shape index (κ3) is 5.26. The molecule has 178 valence electrons. The summed E-state index contributed by atoms with van der Waals surface area (Å²) in [4.78, 5) is 0. The van der Waals surface area contributed by atoms with Gasteiger partial charge in [0.15, 0.2) is 30.1 Å². The van der Waals surface area contributed by atoms with Crippen molar-refractivity contribution in [1.82, 2.24) is 0 Å². The van der Waals surface area contributed by atoms with E-state index in [2.05, 4.69) is 0 Å². The van der Waals surface area contributed by atoms with Gasteiger partial charge in [-0.15, -0.1) is 0 Å². The van der Waals surface area contributed by atoms with Gasteiger partial charge >= 0.3 is 0 Å². The summed E-state index contributed by atoms with van der Waals surface area (Å²) in [6.07, 6.45) is 1.07. The average Bonchev–Trinajstić information content (AvgIpc) is 2.72. The lowest BCUT2D eigenvalue weighted by molar-refractivity contribution is 0.0486. The van der Waals surface area contributed by atoms with Crippen LogP contribution in [0.2, 0.25) is 0 Å². The van der Waals surface area contributed by atoms with Gasteiger partial charge in [-0.3, -0.25) is 0 Å². The molecule has 0 saturated heterocycles. The van der Waals surface area contributed by atoms with Gasteiger partial charge in [-0.05, 0) is 18.8 Å². The summed E-state index contributed by atoms with van der Waals surface area (Å²) in [6.45, 7) is 11.5. The first-order valence-corrected chi connectivity index (χ1v) is 11.3. The quantitative estimate of drug-likeness (QED) is 0.134. The van der Waals surface area contributed by atoms with E-state index < -0.39 is 48.1 Å². The van der Waals surface area contributed by atoms with Gasteiger partial charge in [0.2, 0.25) is 5.82 Å². The fourth-order valence-electron chi connectivity index (χ4n) is 3.77. The summed E-state index contributed by atoms with van der Waals surface area (Å²) in [5, 5.41) is -1.74. The number of hydrogen-bond donors (Lipinski definition) is 0. The zero-order valence-corrected chi connectivity index (χ0v) is 20.5. The molecule has 0 bridgehead atoms. The fourth-order valence-corrected chi connectivity index (χ4v) is 5.45. The van der Waals surface area contributed by atoms with E-state index in [-0.39, 0.29) is 12.2 Å². The Morgan fingerprint density at radius 2 is 1.34 bits per heavy atom. The Hall–Kier alpha value is -1.72. The number of benzene rings is 2. The lowest BCUT2D eigenvalue weighted by Crippen LogP contribution is -2.27. The topological polar surface area (TPSA) is 18.5 Å². The van der Waals surface area contributed by atoms with E-state index in [0.29, 0.717) is 24.2 Å². The van der Waals surface area contributed by atoms with Crippen LogP contribution in [-0.4, -0.2) is 13.9 Å². The minimum atomic E-state index is -2.15. The first-order chi connectivity index (χ1) is 14.8. The van der Waals surface area contributed by atoms with Gasteiger partial charge < -0.3 is 9.47 Å². The van der Waals surface area contributed by atoms with Crippen LogP contribution in [0.1, 0.15) is 64.2 Å². The van der Waals surface area contributed by atoms with E-state index in [4.69, 9.17) is 9.47 Å². The highest BCUT2D eigenvalue weighted by atomic mass is 31.1. The molecular formula is C24H30F5O2P. The molecule has 32 heavy (non-hydrogen) atoms. The van der Waals surface area contributed by atoms with Crippen LogP contribution in [-0.2, 0) is 15.3 Å². The number of hydrogen-bond acceptors (Lipinski definition) is 2. The van der Waals surface area contributed by atoms with E-state index in [9.17, 15) is 22.0 Å². The van der Waals surface area contributed by atoms with Gasteiger partial charge in [0.1, 0.15) is 5.75 Å². The van der Waals surface area contributed by atoms with Gasteiger partial charge in [0.05, 0.1) is 5.30 Å². The molecule has 0 saturated carbocycles. The van der Waals surface area contributed by atoms with Gasteiger partial charge in [-0.2, -0.15) is 0 Å². The molecule has 2 unspecified atom stereocenters. The molecule has 2 nitrogen and oxygen atoms in total. The first kappa shape index (κ1) is 26.5. The Kier molecular flexibility index (Phi) is 8.33. The molecule has 0 radical (unpaired) electrons. The predicted molar refractivity (Wildman–Crippen MR) is 119 cm³/mol. The zero-order valence-electron chi connectivity index (χ0n) is 19.5. The molecular weight excluding hydrogens is 446 g/mol. The summed E-state index contributed by atoms with van der Waals surface area (Å²) in [6, 6.07) is 3.83. The Morgan fingerprint density at radius 3 is 1.81 bits per heavy atom. The van der Waals surface area contributed by atoms with Crippen LogP contribution in [0.3, 0.4) is 0 Å². The van der Waals surface area contributed by atoms with E-state index in [1.165, 1.54) is 7.11 Å². The summed E-state index contributed by atoms with van der Waals surface area (Å²) in [5.74, 6) is -9.07. The molecule has 0 heterocycles. The van der Waals surface area contributed by atoms with E-state index >= 15 is 0 Å². The second-order valence-electron chi connectivity index (χ2n) is 9.14. The molecule has 0 aliphatic carbocycles. The third-order valence-corrected chi connectivity index (χ3v) is 7.08. The lowest BCUT2D eigenvalue weighted by Gasteiger charge is -2.35. The Balaban J connectivity index is 2.80. The van der Waals surface area contributed by atoms with Gasteiger partial charge in [0, 0.05) is 23.4 Å². The molecule has 2 aromatic carbocycles. The Morgan fingerprint density at radius 1 is 0.844 bits per heavy atom. The number of ether oxygens (including phenoxy) is 2. The normalized spacial score (nSPS) is 14.2. The first-order valence-electron chi connectivity index (χ1n) is 10.3. The highest BCUT2D eigenvalue weighted by Crippen LogP contribution is 2.51. The van der Waals surface area contributed by atoms with Crippen molar-refractivity contribution >= 4 is 13.9 Å². The van der Waals surface area contributed by atoms with Crippen LogP contribution in [0.5, 0.6) is 5.75 Å². The van der Waals surface area contributed by atoms with Gasteiger partial charge in [-0.1, -0.05) is 67.3 Å². The number of halogens is 5. The van der Waals surface area contributed by atoms with Crippen molar-refractivity contribution < 1.29 is 31.4 Å². The van der Waals surface area contributed by atoms with Crippen molar-refractivity contribution in [2.45, 2.75) is 65.0 Å². The lowest BCUT2D eigenvalue weighted by atomic mass is 9.81. The monoisotopic (exact) mass is 476 g/mol. The van der Waals surface area contributed by atoms with Crippen LogP contribution in [0.25, 0.3) is 0 Å². The molecule has 0 spiro atoms. The molecule has 2 rings (SSSR count). The van der Waals surface area contributed by atoms with Crippen molar-refractivity contribution in [3.8, 4) is 5.75 Å². The van der Waals surface area contributed by atoms with Gasteiger partial charge in [-0.25, -0.2) is 22.0 Å². The summed E-state index contributed by atoms with van der Waals surface area (Å²) >= 11 is 0. The van der Waals surface area contributed by atoms with Crippen molar-refractivity contribution in [3.63, 3.8) is 0 Å². The van der Waals surface area contributed by atoms with Crippen molar-refractivity contribution in [3.05, 3.63) is 57.9 Å². The molecule has 0 aliphatic rings. The second kappa shape index (κ2) is 10.0. The standard InChI is InChI=1S/C24H30F5O2P/c1-8-9-24(6,32-22-19(28)17(26)16(25)18(27)20(22)29)15-11-13(2)10-14(23(3,4)5)21(15)31-12-30-7/h10-11,32H,8-9,12H2,1-7H3. The zero-order chi connectivity index (χ0) is 24.4. The predicted octanol–water partition coefficient (Wildman–Crippen LogP) is 6.99. The third-order valence-electron chi connectivity index (χ3n) is 5.32. The number of methoxy groups -OCH3 is 1. The molecule has 0 fully saturated rings. The minimum Gasteiger partial charge on any atom is -0.467 e. The molecule has 2 atom stereocenters. The summed E-state index contributed by atoms with van der Waals surface area (Å²) in [7, 11) is 0.758. The molecule has 8 heteroatoms. The number of rotatable bonds is 8. The largest absolute Gasteiger partial charge is 0.467 e. The molecule has 0 aromatic heterocycles. The fraction of sp³-hybridized carbons (Fsp3) is 0.500. The van der Waals surface area contributed by atoms with Crippen LogP contribution in [0, 0.1) is 36.0 Å². The Labute approximate surface area is 188 Å². The highest BCUT2D eigenvalue weighted by molar-refractivity contribution is 7.48. The molecule has 2 aromatic rings. The van der Waals surface area contributed by atoms with Crippen molar-refractivity contribution in [2.24, 2.45) is 0 Å².